The molecule has 1 saturated heterocycles. The van der Waals surface area contributed by atoms with Gasteiger partial charge in [-0.1, -0.05) is 72.8 Å². The van der Waals surface area contributed by atoms with Crippen LogP contribution in [-0.2, 0) is 0 Å². The average molecular weight is 428 g/mol. The number of hydrogen-bond acceptors (Lipinski definition) is 3. The van der Waals surface area contributed by atoms with Crippen LogP contribution in [0.15, 0.2) is 91.1 Å². The molecule has 5 heteroatoms. The largest absolute Gasteiger partial charge is 0.497 e. The average Bonchev–Trinajstić information content (AvgIpc) is 2.86. The predicted molar refractivity (Wildman–Crippen MR) is 128 cm³/mol. The van der Waals surface area contributed by atoms with Crippen LogP contribution in [0.3, 0.4) is 0 Å². The number of nitrogens with zero attached hydrogens (tertiary/aromatic N) is 2. The van der Waals surface area contributed by atoms with Crippen molar-refractivity contribution in [3.8, 4) is 5.75 Å². The first-order chi connectivity index (χ1) is 15.7. The zero-order valence-corrected chi connectivity index (χ0v) is 18.4. The fourth-order valence-corrected chi connectivity index (χ4v) is 4.08. The molecule has 0 atom stereocenters. The molecule has 4 rings (SSSR count). The third-order valence-corrected chi connectivity index (χ3v) is 5.80. The molecule has 0 bridgehead atoms. The van der Waals surface area contributed by atoms with E-state index >= 15 is 0 Å². The number of amides is 2. The molecular weight excluding hydrogens is 398 g/mol. The van der Waals surface area contributed by atoms with Crippen molar-refractivity contribution < 1.29 is 9.53 Å². The van der Waals surface area contributed by atoms with Gasteiger partial charge in [-0.05, 0) is 34.9 Å². The highest BCUT2D eigenvalue weighted by molar-refractivity contribution is 5.76. The van der Waals surface area contributed by atoms with Crippen LogP contribution in [0.5, 0.6) is 5.75 Å². The van der Waals surface area contributed by atoms with Crippen LogP contribution in [-0.4, -0.2) is 49.1 Å². The Hall–Kier alpha value is -3.57. The van der Waals surface area contributed by atoms with Crippen LogP contribution < -0.4 is 10.1 Å². The summed E-state index contributed by atoms with van der Waals surface area (Å²) in [6.45, 7) is 3.03. The van der Waals surface area contributed by atoms with E-state index in [1.165, 1.54) is 11.1 Å². The molecule has 3 aromatic carbocycles. The maximum Gasteiger partial charge on any atom is 0.321 e. The fourth-order valence-electron chi connectivity index (χ4n) is 4.08. The van der Waals surface area contributed by atoms with Gasteiger partial charge in [-0.3, -0.25) is 4.90 Å². The summed E-state index contributed by atoms with van der Waals surface area (Å²) >= 11 is 0. The molecule has 0 radical (unpaired) electrons. The van der Waals surface area contributed by atoms with E-state index in [-0.39, 0.29) is 12.1 Å². The first-order valence-corrected chi connectivity index (χ1v) is 10.9. The van der Waals surface area contributed by atoms with Crippen LogP contribution in [0, 0.1) is 0 Å². The quantitative estimate of drug-likeness (QED) is 0.616. The standard InChI is InChI=1S/C27H29N3O2/c1-32-25-14-12-22(13-15-25)16-17-28-27(31)30-20-18-29(19-21-30)26(23-8-4-2-5-9-23)24-10-6-3-7-11-24/h2-17,26H,18-21H2,1H3,(H,28,31)/b17-16+. The van der Waals surface area contributed by atoms with E-state index in [1.54, 1.807) is 13.3 Å². The lowest BCUT2D eigenvalue weighted by Crippen LogP contribution is -2.51. The fraction of sp³-hybridized carbons (Fsp3) is 0.222. The van der Waals surface area contributed by atoms with Gasteiger partial charge in [0.1, 0.15) is 5.75 Å². The van der Waals surface area contributed by atoms with Crippen LogP contribution in [0.2, 0.25) is 0 Å². The van der Waals surface area contributed by atoms with E-state index in [0.717, 1.165) is 24.4 Å². The lowest BCUT2D eigenvalue weighted by molar-refractivity contribution is 0.122. The first kappa shape index (κ1) is 21.7. The van der Waals surface area contributed by atoms with Crippen molar-refractivity contribution in [2.75, 3.05) is 33.3 Å². The number of urea groups is 1. The summed E-state index contributed by atoms with van der Waals surface area (Å²) in [6, 6.07) is 29.0. The Labute approximate surface area is 189 Å². The SMILES string of the molecule is COc1ccc(/C=C/NC(=O)N2CCN(C(c3ccccc3)c3ccccc3)CC2)cc1. The molecule has 1 N–H and O–H groups in total. The van der Waals surface area contributed by atoms with Gasteiger partial charge in [0.05, 0.1) is 13.2 Å². The third-order valence-electron chi connectivity index (χ3n) is 5.80. The van der Waals surface area contributed by atoms with Crippen molar-refractivity contribution in [3.05, 3.63) is 108 Å². The lowest BCUT2D eigenvalue weighted by Gasteiger charge is -2.39. The van der Waals surface area contributed by atoms with Gasteiger partial charge in [0, 0.05) is 32.4 Å². The molecule has 0 unspecified atom stereocenters. The monoisotopic (exact) mass is 427 g/mol. The molecule has 32 heavy (non-hydrogen) atoms. The molecule has 1 fully saturated rings. The van der Waals surface area contributed by atoms with Gasteiger partial charge >= 0.3 is 6.03 Å². The summed E-state index contributed by atoms with van der Waals surface area (Å²) in [5, 5.41) is 2.89. The number of hydrogen-bond donors (Lipinski definition) is 1. The second-order valence-corrected chi connectivity index (χ2v) is 7.80. The number of carbonyl (C=O) groups is 1. The van der Waals surface area contributed by atoms with Crippen LogP contribution in [0.25, 0.3) is 6.08 Å². The number of nitrogens with one attached hydrogen (secondary N) is 1. The molecule has 2 amide bonds. The molecular formula is C27H29N3O2. The van der Waals surface area contributed by atoms with Gasteiger partial charge in [-0.15, -0.1) is 0 Å². The van der Waals surface area contributed by atoms with Gasteiger partial charge in [0.25, 0.3) is 0 Å². The van der Waals surface area contributed by atoms with Crippen molar-refractivity contribution in [3.63, 3.8) is 0 Å². The smallest absolute Gasteiger partial charge is 0.321 e. The van der Waals surface area contributed by atoms with E-state index < -0.39 is 0 Å². The van der Waals surface area contributed by atoms with Crippen molar-refractivity contribution in [1.29, 1.82) is 0 Å². The molecule has 0 aliphatic carbocycles. The van der Waals surface area contributed by atoms with Gasteiger partial charge in [0.2, 0.25) is 0 Å². The Morgan fingerprint density at radius 3 is 1.94 bits per heavy atom. The number of carbonyl (C=O) groups excluding carboxylic acids is 1. The van der Waals surface area contributed by atoms with Crippen molar-refractivity contribution in [2.45, 2.75) is 6.04 Å². The van der Waals surface area contributed by atoms with Crippen molar-refractivity contribution >= 4 is 12.1 Å². The highest BCUT2D eigenvalue weighted by Crippen LogP contribution is 2.29. The van der Waals surface area contributed by atoms with E-state index in [4.69, 9.17) is 4.74 Å². The van der Waals surface area contributed by atoms with Gasteiger partial charge in [-0.2, -0.15) is 0 Å². The third kappa shape index (κ3) is 5.37. The zero-order chi connectivity index (χ0) is 22.2. The minimum Gasteiger partial charge on any atom is -0.497 e. The van der Waals surface area contributed by atoms with Crippen LogP contribution in [0.1, 0.15) is 22.7 Å². The van der Waals surface area contributed by atoms with Crippen LogP contribution >= 0.6 is 0 Å². The minimum atomic E-state index is -0.0645. The zero-order valence-electron chi connectivity index (χ0n) is 18.4. The number of piperazine rings is 1. The maximum absolute atomic E-state index is 12.6. The summed E-state index contributed by atoms with van der Waals surface area (Å²) in [4.78, 5) is 17.0. The Bertz CT molecular complexity index is 972. The normalized spacial score (nSPS) is 14.6. The van der Waals surface area contributed by atoms with Gasteiger partial charge in [-0.25, -0.2) is 4.79 Å². The number of ether oxygens (including phenoxy) is 1. The topological polar surface area (TPSA) is 44.8 Å². The molecule has 1 aliphatic rings. The number of methoxy groups -OCH3 is 1. The summed E-state index contributed by atoms with van der Waals surface area (Å²) in [5.74, 6) is 0.813. The minimum absolute atomic E-state index is 0.0645. The Balaban J connectivity index is 1.35. The first-order valence-electron chi connectivity index (χ1n) is 10.9. The number of benzene rings is 3. The molecule has 5 nitrogen and oxygen atoms in total. The summed E-state index contributed by atoms with van der Waals surface area (Å²) in [6.07, 6.45) is 3.59. The highest BCUT2D eigenvalue weighted by atomic mass is 16.5. The molecule has 1 heterocycles. The lowest BCUT2D eigenvalue weighted by atomic mass is 9.96. The molecule has 0 saturated carbocycles. The van der Waals surface area contributed by atoms with E-state index in [2.05, 4.69) is 58.7 Å². The molecule has 164 valence electrons. The Morgan fingerprint density at radius 2 is 1.41 bits per heavy atom. The molecule has 0 aromatic heterocycles. The van der Waals surface area contributed by atoms with Gasteiger partial charge in [0.15, 0.2) is 0 Å². The highest BCUT2D eigenvalue weighted by Gasteiger charge is 2.27. The number of rotatable bonds is 6. The molecule has 3 aromatic rings. The van der Waals surface area contributed by atoms with E-state index in [9.17, 15) is 4.79 Å². The maximum atomic E-state index is 12.6. The van der Waals surface area contributed by atoms with Crippen molar-refractivity contribution in [1.82, 2.24) is 15.1 Å². The predicted octanol–water partition coefficient (Wildman–Crippen LogP) is 4.78. The molecule has 0 spiro atoms. The second-order valence-electron chi connectivity index (χ2n) is 7.80. The summed E-state index contributed by atoms with van der Waals surface area (Å²) in [5.41, 5.74) is 3.56. The Morgan fingerprint density at radius 1 is 0.844 bits per heavy atom. The molecule has 1 aliphatic heterocycles. The van der Waals surface area contributed by atoms with E-state index in [1.807, 2.05) is 47.4 Å². The summed E-state index contributed by atoms with van der Waals surface area (Å²) in [7, 11) is 1.65. The van der Waals surface area contributed by atoms with Crippen LogP contribution in [0.4, 0.5) is 4.79 Å². The Kier molecular flexibility index (Phi) is 7.20. The summed E-state index contributed by atoms with van der Waals surface area (Å²) < 4.78 is 5.17. The second kappa shape index (κ2) is 10.6. The van der Waals surface area contributed by atoms with Crippen molar-refractivity contribution in [2.24, 2.45) is 0 Å². The van der Waals surface area contributed by atoms with E-state index in [0.29, 0.717) is 13.1 Å². The van der Waals surface area contributed by atoms with Gasteiger partial charge < -0.3 is 15.0 Å².